The molecule has 2 aromatic carbocycles. The fourth-order valence-electron chi connectivity index (χ4n) is 3.29. The molecule has 9 heteroatoms. The summed E-state index contributed by atoms with van der Waals surface area (Å²) in [6, 6.07) is 14.4. The normalized spacial score (nSPS) is 12.7. The molecule has 7 nitrogen and oxygen atoms in total. The van der Waals surface area contributed by atoms with E-state index in [0.29, 0.717) is 45.6 Å². The number of thiophene rings is 1. The van der Waals surface area contributed by atoms with Gasteiger partial charge in [0.2, 0.25) is 5.91 Å². The smallest absolute Gasteiger partial charge is 0.271 e. The number of nitrogens with zero attached hydrogens (tertiary/aromatic N) is 2. The van der Waals surface area contributed by atoms with Crippen LogP contribution >= 0.6 is 22.9 Å². The highest BCUT2D eigenvalue weighted by Gasteiger charge is 2.15. The van der Waals surface area contributed by atoms with Crippen molar-refractivity contribution in [3.05, 3.63) is 70.2 Å². The molecule has 0 spiro atoms. The van der Waals surface area contributed by atoms with Gasteiger partial charge in [0, 0.05) is 21.7 Å². The average Bonchev–Trinajstić information content (AvgIpc) is 3.21. The molecule has 4 aromatic rings. The third kappa shape index (κ3) is 3.99. The number of anilines is 1. The van der Waals surface area contributed by atoms with Crippen molar-refractivity contribution in [2.45, 2.75) is 6.54 Å². The van der Waals surface area contributed by atoms with Gasteiger partial charge in [-0.15, -0.1) is 11.3 Å². The minimum atomic E-state index is -0.339. The van der Waals surface area contributed by atoms with E-state index in [1.54, 1.807) is 30.3 Å². The van der Waals surface area contributed by atoms with Gasteiger partial charge in [0.25, 0.3) is 5.56 Å². The molecule has 31 heavy (non-hydrogen) atoms. The van der Waals surface area contributed by atoms with Crippen LogP contribution in [0.3, 0.4) is 0 Å². The number of carbonyl (C=O) groups excluding carboxylic acids is 1. The molecule has 0 atom stereocenters. The SMILES string of the molecule is O=C(Cn1cnc2cc(-c3ccc(Cl)cc3)sc2c1=O)Nc1ccc2c(c1)OCCO2. The van der Waals surface area contributed by atoms with Crippen LogP contribution in [-0.2, 0) is 11.3 Å². The predicted molar refractivity (Wildman–Crippen MR) is 120 cm³/mol. The molecule has 0 saturated carbocycles. The fourth-order valence-corrected chi connectivity index (χ4v) is 4.48. The fraction of sp³-hybridized carbons (Fsp3) is 0.136. The number of benzene rings is 2. The molecule has 0 radical (unpaired) electrons. The molecular weight excluding hydrogens is 438 g/mol. The van der Waals surface area contributed by atoms with Crippen LogP contribution < -0.4 is 20.3 Å². The Balaban J connectivity index is 1.36. The van der Waals surface area contributed by atoms with Gasteiger partial charge in [-0.2, -0.15) is 0 Å². The number of carbonyl (C=O) groups is 1. The first-order valence-electron chi connectivity index (χ1n) is 9.51. The number of halogens is 1. The lowest BCUT2D eigenvalue weighted by molar-refractivity contribution is -0.116. The number of ether oxygens (including phenoxy) is 2. The number of rotatable bonds is 4. The maximum atomic E-state index is 12.9. The topological polar surface area (TPSA) is 82.5 Å². The quantitative estimate of drug-likeness (QED) is 0.501. The highest BCUT2D eigenvalue weighted by Crippen LogP contribution is 2.33. The molecule has 1 amide bonds. The van der Waals surface area contributed by atoms with E-state index in [2.05, 4.69) is 10.3 Å². The first-order chi connectivity index (χ1) is 15.1. The van der Waals surface area contributed by atoms with Gasteiger partial charge in [-0.25, -0.2) is 4.98 Å². The Kier molecular flexibility index (Phi) is 5.09. The number of hydrogen-bond acceptors (Lipinski definition) is 6. The molecule has 0 bridgehead atoms. The highest BCUT2D eigenvalue weighted by atomic mass is 35.5. The number of amides is 1. The summed E-state index contributed by atoms with van der Waals surface area (Å²) in [6.45, 7) is 0.814. The van der Waals surface area contributed by atoms with Crippen molar-refractivity contribution in [2.75, 3.05) is 18.5 Å². The molecule has 0 unspecified atom stereocenters. The van der Waals surface area contributed by atoms with Crippen LogP contribution in [0.15, 0.2) is 59.7 Å². The van der Waals surface area contributed by atoms with Crippen LogP contribution in [0.2, 0.25) is 5.02 Å². The van der Waals surface area contributed by atoms with Crippen molar-refractivity contribution in [3.8, 4) is 21.9 Å². The van der Waals surface area contributed by atoms with Crippen molar-refractivity contribution >= 4 is 44.7 Å². The van der Waals surface area contributed by atoms with Crippen LogP contribution in [0.1, 0.15) is 0 Å². The second-order valence-electron chi connectivity index (χ2n) is 6.92. The van der Waals surface area contributed by atoms with E-state index in [-0.39, 0.29) is 18.0 Å². The standard InChI is InChI=1S/C22H16ClN3O4S/c23-14-3-1-13(2-4-14)19-10-16-21(31-19)22(28)26(12-24-16)11-20(27)25-15-5-6-17-18(9-15)30-8-7-29-17/h1-6,9-10,12H,7-8,11H2,(H,25,27). The zero-order chi connectivity index (χ0) is 21.4. The number of hydrogen-bond donors (Lipinski definition) is 1. The van der Waals surface area contributed by atoms with Gasteiger partial charge >= 0.3 is 0 Å². The maximum Gasteiger partial charge on any atom is 0.271 e. The minimum absolute atomic E-state index is 0.148. The Morgan fingerprint density at radius 1 is 1.10 bits per heavy atom. The summed E-state index contributed by atoms with van der Waals surface area (Å²) < 4.78 is 12.8. The third-order valence-electron chi connectivity index (χ3n) is 4.77. The zero-order valence-corrected chi connectivity index (χ0v) is 17.7. The van der Waals surface area contributed by atoms with Crippen molar-refractivity contribution in [3.63, 3.8) is 0 Å². The Morgan fingerprint density at radius 2 is 1.87 bits per heavy atom. The summed E-state index contributed by atoms with van der Waals surface area (Å²) in [5, 5.41) is 3.43. The number of fused-ring (bicyclic) bond motifs is 2. The molecule has 1 aliphatic heterocycles. The average molecular weight is 454 g/mol. The largest absolute Gasteiger partial charge is 0.486 e. The van der Waals surface area contributed by atoms with Gasteiger partial charge in [0.05, 0.1) is 11.8 Å². The molecular formula is C22H16ClN3O4S. The molecule has 2 aromatic heterocycles. The summed E-state index contributed by atoms with van der Waals surface area (Å²) in [4.78, 5) is 30.7. The highest BCUT2D eigenvalue weighted by molar-refractivity contribution is 7.22. The third-order valence-corrected chi connectivity index (χ3v) is 6.19. The van der Waals surface area contributed by atoms with Crippen LogP contribution in [0.4, 0.5) is 5.69 Å². The molecule has 3 heterocycles. The minimum Gasteiger partial charge on any atom is -0.486 e. The van der Waals surface area contributed by atoms with Crippen molar-refractivity contribution in [1.82, 2.24) is 9.55 Å². The van der Waals surface area contributed by atoms with Crippen molar-refractivity contribution < 1.29 is 14.3 Å². The Labute approximate surface area is 185 Å². The first kappa shape index (κ1) is 19.6. The van der Waals surface area contributed by atoms with Crippen LogP contribution in [0.5, 0.6) is 11.5 Å². The Hall–Kier alpha value is -3.36. The number of aromatic nitrogens is 2. The number of nitrogens with one attached hydrogen (secondary N) is 1. The van der Waals surface area contributed by atoms with E-state index in [1.165, 1.54) is 22.2 Å². The van der Waals surface area contributed by atoms with E-state index in [4.69, 9.17) is 21.1 Å². The van der Waals surface area contributed by atoms with Gasteiger partial charge in [-0.1, -0.05) is 23.7 Å². The van der Waals surface area contributed by atoms with Gasteiger partial charge in [-0.05, 0) is 35.9 Å². The van der Waals surface area contributed by atoms with Crippen molar-refractivity contribution in [1.29, 1.82) is 0 Å². The lowest BCUT2D eigenvalue weighted by Crippen LogP contribution is -2.27. The van der Waals surface area contributed by atoms with Gasteiger partial charge < -0.3 is 14.8 Å². The summed E-state index contributed by atoms with van der Waals surface area (Å²) in [7, 11) is 0. The lowest BCUT2D eigenvalue weighted by Gasteiger charge is -2.19. The van der Waals surface area contributed by atoms with Crippen LogP contribution in [0.25, 0.3) is 20.7 Å². The molecule has 156 valence electrons. The summed E-state index contributed by atoms with van der Waals surface area (Å²) in [5.74, 6) is 0.885. The van der Waals surface area contributed by atoms with Gasteiger partial charge in [-0.3, -0.25) is 14.2 Å². The Bertz CT molecular complexity index is 1350. The van der Waals surface area contributed by atoms with Gasteiger partial charge in [0.15, 0.2) is 11.5 Å². The van der Waals surface area contributed by atoms with E-state index in [9.17, 15) is 9.59 Å². The van der Waals surface area contributed by atoms with Gasteiger partial charge in [0.1, 0.15) is 24.5 Å². The van der Waals surface area contributed by atoms with E-state index in [1.807, 2.05) is 18.2 Å². The maximum absolute atomic E-state index is 12.9. The first-order valence-corrected chi connectivity index (χ1v) is 10.7. The second-order valence-corrected chi connectivity index (χ2v) is 8.40. The Morgan fingerprint density at radius 3 is 2.68 bits per heavy atom. The molecule has 0 saturated heterocycles. The van der Waals surface area contributed by atoms with Crippen LogP contribution in [-0.4, -0.2) is 28.7 Å². The molecule has 0 fully saturated rings. The zero-order valence-electron chi connectivity index (χ0n) is 16.1. The molecule has 0 aliphatic carbocycles. The van der Waals surface area contributed by atoms with Crippen molar-refractivity contribution in [2.24, 2.45) is 0 Å². The molecule has 1 aliphatic rings. The van der Waals surface area contributed by atoms with E-state index in [0.717, 1.165) is 10.4 Å². The molecule has 5 rings (SSSR count). The summed E-state index contributed by atoms with van der Waals surface area (Å²) in [5.41, 5.74) is 1.86. The van der Waals surface area contributed by atoms with E-state index >= 15 is 0 Å². The monoisotopic (exact) mass is 453 g/mol. The molecule has 1 N–H and O–H groups in total. The summed E-state index contributed by atoms with van der Waals surface area (Å²) in [6.07, 6.45) is 1.40. The second kappa shape index (κ2) is 8.05. The van der Waals surface area contributed by atoms with Crippen LogP contribution in [0, 0.1) is 0 Å². The lowest BCUT2D eigenvalue weighted by atomic mass is 10.2. The predicted octanol–water partition coefficient (Wildman–Crippen LogP) is 4.19. The summed E-state index contributed by atoms with van der Waals surface area (Å²) >= 11 is 7.29. The van der Waals surface area contributed by atoms with E-state index < -0.39 is 0 Å².